The van der Waals surface area contributed by atoms with Gasteiger partial charge < -0.3 is 21.2 Å². The number of amides is 4. The quantitative estimate of drug-likeness (QED) is 0.259. The molecule has 3 heterocycles. The Morgan fingerprint density at radius 2 is 1.82 bits per heavy atom. The summed E-state index contributed by atoms with van der Waals surface area (Å²) in [6.45, 7) is 1.49. The molecule has 0 unspecified atom stereocenters. The second-order valence-electron chi connectivity index (χ2n) is 6.53. The number of piperidine rings is 2. The molecule has 2 bridgehead atoms. The normalized spacial score (nSPS) is 26.8. The second-order valence-corrected chi connectivity index (χ2v) is 7.54. The summed E-state index contributed by atoms with van der Waals surface area (Å²) in [5.74, 6) is -1.10. The molecule has 0 radical (unpaired) electrons. The van der Waals surface area contributed by atoms with Gasteiger partial charge in [-0.05, 0) is 32.2 Å². The lowest BCUT2D eigenvalue weighted by atomic mass is 9.99. The summed E-state index contributed by atoms with van der Waals surface area (Å²) < 4.78 is 34.8. The van der Waals surface area contributed by atoms with Crippen LogP contribution in [0.25, 0.3) is 0 Å². The average Bonchev–Trinajstić information content (AvgIpc) is 2.84. The number of nitrogens with zero attached hydrogens (tertiary/aromatic N) is 2. The molecular weight excluding hydrogens is 402 g/mol. The third-order valence-corrected chi connectivity index (χ3v) is 5.13. The summed E-state index contributed by atoms with van der Waals surface area (Å²) >= 11 is 0. The molecule has 3 atom stereocenters. The molecule has 162 valence electrons. The number of hydrogen-bond acceptors (Lipinski definition) is 7. The number of fused-ring (bicyclic) bond motifs is 2. The van der Waals surface area contributed by atoms with Gasteiger partial charge in [0.25, 0.3) is 5.91 Å². The van der Waals surface area contributed by atoms with Crippen molar-refractivity contribution >= 4 is 28.2 Å². The lowest BCUT2D eigenvalue weighted by molar-refractivity contribution is -0.133. The zero-order valence-corrected chi connectivity index (χ0v) is 15.7. The minimum Gasteiger partial charge on any atom is -0.412 e. The summed E-state index contributed by atoms with van der Waals surface area (Å²) in [5.41, 5.74) is 4.70. The SMILES string of the molecule is O.O.O=C(NNC(=O)[C@@H]1CC[C@@H]2CN1C(=O)N2OS(=O)(=O)O)[C@@H]1CCCNC1. The van der Waals surface area contributed by atoms with Crippen LogP contribution in [0.15, 0.2) is 0 Å². The van der Waals surface area contributed by atoms with Gasteiger partial charge in [0.05, 0.1) is 12.0 Å². The van der Waals surface area contributed by atoms with Crippen LogP contribution in [-0.2, 0) is 24.3 Å². The van der Waals surface area contributed by atoms with E-state index in [1.54, 1.807) is 0 Å². The summed E-state index contributed by atoms with van der Waals surface area (Å²) in [4.78, 5) is 37.8. The van der Waals surface area contributed by atoms with Crippen LogP contribution >= 0.6 is 0 Å². The Kier molecular flexibility index (Phi) is 8.09. The van der Waals surface area contributed by atoms with Gasteiger partial charge in [0.1, 0.15) is 6.04 Å². The first-order chi connectivity index (χ1) is 12.3. The van der Waals surface area contributed by atoms with Crippen molar-refractivity contribution in [2.24, 2.45) is 5.92 Å². The first-order valence-corrected chi connectivity index (χ1v) is 9.70. The molecule has 3 saturated heterocycles. The first kappa shape index (κ1) is 24.0. The highest BCUT2D eigenvalue weighted by molar-refractivity contribution is 7.80. The van der Waals surface area contributed by atoms with Crippen molar-refractivity contribution in [2.45, 2.75) is 37.8 Å². The summed E-state index contributed by atoms with van der Waals surface area (Å²) in [6.07, 6.45) is 2.19. The maximum Gasteiger partial charge on any atom is 0.418 e. The number of rotatable bonds is 4. The van der Waals surface area contributed by atoms with Gasteiger partial charge in [0, 0.05) is 13.1 Å². The topological polar surface area (TPSA) is 220 Å². The van der Waals surface area contributed by atoms with E-state index in [0.717, 1.165) is 24.3 Å². The second kappa shape index (κ2) is 9.44. The fraction of sp³-hybridized carbons (Fsp3) is 0.769. The van der Waals surface area contributed by atoms with E-state index >= 15 is 0 Å². The third kappa shape index (κ3) is 5.27. The molecule has 3 fully saturated rings. The fourth-order valence-electron chi connectivity index (χ4n) is 3.49. The van der Waals surface area contributed by atoms with Crippen molar-refractivity contribution in [3.63, 3.8) is 0 Å². The monoisotopic (exact) mass is 427 g/mol. The molecule has 15 heteroatoms. The number of nitrogens with one attached hydrogen (secondary N) is 3. The molecule has 0 aromatic rings. The van der Waals surface area contributed by atoms with Crippen molar-refractivity contribution in [1.82, 2.24) is 26.1 Å². The smallest absolute Gasteiger partial charge is 0.412 e. The van der Waals surface area contributed by atoms with Gasteiger partial charge in [-0.2, -0.15) is 13.5 Å². The zero-order chi connectivity index (χ0) is 18.9. The van der Waals surface area contributed by atoms with Crippen LogP contribution in [0.1, 0.15) is 25.7 Å². The van der Waals surface area contributed by atoms with Crippen molar-refractivity contribution in [3.8, 4) is 0 Å². The van der Waals surface area contributed by atoms with Gasteiger partial charge >= 0.3 is 16.4 Å². The molecule has 28 heavy (non-hydrogen) atoms. The Balaban J connectivity index is 0.00000196. The first-order valence-electron chi connectivity index (χ1n) is 8.33. The number of urea groups is 1. The molecule has 3 aliphatic heterocycles. The molecule has 0 spiro atoms. The number of carbonyl (C=O) groups excluding carboxylic acids is 3. The Hall–Kier alpha value is -2.04. The molecule has 8 N–H and O–H groups in total. The van der Waals surface area contributed by atoms with Crippen LogP contribution in [0.5, 0.6) is 0 Å². The minimum absolute atomic E-state index is 0. The Morgan fingerprint density at radius 1 is 1.14 bits per heavy atom. The van der Waals surface area contributed by atoms with Crippen molar-refractivity contribution in [1.29, 1.82) is 0 Å². The van der Waals surface area contributed by atoms with Crippen molar-refractivity contribution in [2.75, 3.05) is 19.6 Å². The highest BCUT2D eigenvalue weighted by atomic mass is 32.3. The van der Waals surface area contributed by atoms with Crippen LogP contribution in [0.3, 0.4) is 0 Å². The molecule has 0 aromatic heterocycles. The van der Waals surface area contributed by atoms with E-state index in [-0.39, 0.29) is 35.7 Å². The van der Waals surface area contributed by atoms with Crippen molar-refractivity contribution < 1.29 is 42.6 Å². The molecule has 3 aliphatic rings. The van der Waals surface area contributed by atoms with Gasteiger partial charge in [0.2, 0.25) is 5.91 Å². The van der Waals surface area contributed by atoms with E-state index < -0.39 is 34.4 Å². The predicted octanol–water partition coefficient (Wildman–Crippen LogP) is -3.51. The van der Waals surface area contributed by atoms with Crippen LogP contribution in [-0.4, -0.2) is 83.4 Å². The maximum atomic E-state index is 12.3. The molecule has 0 aromatic carbocycles. The number of hydrazine groups is 1. The van der Waals surface area contributed by atoms with E-state index in [9.17, 15) is 22.8 Å². The van der Waals surface area contributed by atoms with Gasteiger partial charge in [-0.1, -0.05) is 0 Å². The van der Waals surface area contributed by atoms with Gasteiger partial charge in [0.15, 0.2) is 0 Å². The lowest BCUT2D eigenvalue weighted by Gasteiger charge is -2.29. The maximum absolute atomic E-state index is 12.3. The molecule has 14 nitrogen and oxygen atoms in total. The predicted molar refractivity (Wildman–Crippen MR) is 92.5 cm³/mol. The summed E-state index contributed by atoms with van der Waals surface area (Å²) in [5, 5.41) is 3.67. The largest absolute Gasteiger partial charge is 0.418 e. The number of hydrogen-bond donors (Lipinski definition) is 4. The van der Waals surface area contributed by atoms with E-state index in [0.29, 0.717) is 18.0 Å². The van der Waals surface area contributed by atoms with E-state index in [1.807, 2.05) is 0 Å². The standard InChI is InChI=1S/C13H21N5O7S.2H2O/c19-11(8-2-1-5-14-6-8)15-16-12(20)10-4-3-9-7-17(10)13(21)18(9)25-26(22,23)24;;/h8-10,14H,1-7H2,(H,15,19)(H,16,20)(H,22,23,24);2*1H2/t8-,9-,10+;;/m1../s1. The van der Waals surface area contributed by atoms with Crippen LogP contribution in [0.4, 0.5) is 4.79 Å². The molecule has 4 amide bonds. The molecule has 0 saturated carbocycles. The molecule has 0 aliphatic carbocycles. The minimum atomic E-state index is -4.84. The summed E-state index contributed by atoms with van der Waals surface area (Å²) in [6, 6.07) is -2.26. The van der Waals surface area contributed by atoms with Gasteiger partial charge in [-0.3, -0.25) is 25.0 Å². The van der Waals surface area contributed by atoms with Crippen molar-refractivity contribution in [3.05, 3.63) is 0 Å². The van der Waals surface area contributed by atoms with E-state index in [2.05, 4.69) is 20.5 Å². The lowest BCUT2D eigenvalue weighted by Crippen LogP contribution is -2.55. The highest BCUT2D eigenvalue weighted by Gasteiger charge is 2.49. The van der Waals surface area contributed by atoms with Crippen LogP contribution in [0, 0.1) is 5.92 Å². The highest BCUT2D eigenvalue weighted by Crippen LogP contribution is 2.30. The van der Waals surface area contributed by atoms with E-state index in [4.69, 9.17) is 4.55 Å². The molecular formula is C13H25N5O9S. The Labute approximate surface area is 161 Å². The van der Waals surface area contributed by atoms with Crippen LogP contribution < -0.4 is 16.2 Å². The zero-order valence-electron chi connectivity index (χ0n) is 14.9. The molecule has 3 rings (SSSR count). The van der Waals surface area contributed by atoms with E-state index in [1.165, 1.54) is 0 Å². The third-order valence-electron chi connectivity index (χ3n) is 4.78. The van der Waals surface area contributed by atoms with Gasteiger partial charge in [-0.25, -0.2) is 4.79 Å². The number of hydroxylamine groups is 2. The Morgan fingerprint density at radius 3 is 2.43 bits per heavy atom. The Bertz CT molecular complexity index is 697. The number of carbonyl (C=O) groups is 3. The fourth-order valence-corrected chi connectivity index (χ4v) is 3.88. The van der Waals surface area contributed by atoms with Gasteiger partial charge in [-0.15, -0.1) is 4.28 Å². The average molecular weight is 427 g/mol. The van der Waals surface area contributed by atoms with Crippen LogP contribution in [0.2, 0.25) is 0 Å². The summed E-state index contributed by atoms with van der Waals surface area (Å²) in [7, 11) is -4.84.